The molecule has 4 rings (SSSR count). The van der Waals surface area contributed by atoms with Gasteiger partial charge in [0.2, 0.25) is 15.9 Å². The van der Waals surface area contributed by atoms with Crippen LogP contribution in [0, 0.1) is 19.8 Å². The van der Waals surface area contributed by atoms with E-state index < -0.39 is 10.0 Å². The fraction of sp³-hybridized carbons (Fsp3) is 0.308. The lowest BCUT2D eigenvalue weighted by atomic mass is 9.97. The number of rotatable bonds is 7. The molecule has 8 nitrogen and oxygen atoms in total. The number of aromatic nitrogens is 1. The standard InChI is InChI=1S/C26H28ClN3O5S/c1-17-4-6-19(7-5-17)8-10-24-25(18(2)29-35-24)36(32,33)30-14-12-20(13-15-30)26(31)28-22-16-21(27)9-11-23(22)34-3/h4-11,16,20H,12-15H2,1-3H3,(H,28,31)/b10-8+. The van der Waals surface area contributed by atoms with Crippen molar-refractivity contribution >= 4 is 45.4 Å². The van der Waals surface area contributed by atoms with Crippen LogP contribution in [0.25, 0.3) is 12.2 Å². The Balaban J connectivity index is 1.45. The van der Waals surface area contributed by atoms with E-state index in [1.807, 2.05) is 31.2 Å². The number of hydrogen-bond acceptors (Lipinski definition) is 6. The van der Waals surface area contributed by atoms with Crippen molar-refractivity contribution in [3.05, 3.63) is 70.1 Å². The second-order valence-electron chi connectivity index (χ2n) is 8.72. The minimum Gasteiger partial charge on any atom is -0.495 e. The Morgan fingerprint density at radius 1 is 1.14 bits per heavy atom. The zero-order valence-corrected chi connectivity index (χ0v) is 21.9. The molecule has 0 spiro atoms. The second kappa shape index (κ2) is 10.9. The van der Waals surface area contributed by atoms with E-state index in [1.165, 1.54) is 11.4 Å². The first-order valence-corrected chi connectivity index (χ1v) is 13.4. The number of carbonyl (C=O) groups is 1. The fourth-order valence-electron chi connectivity index (χ4n) is 4.15. The largest absolute Gasteiger partial charge is 0.495 e. The maximum absolute atomic E-state index is 13.5. The number of hydrogen-bond donors (Lipinski definition) is 1. The Morgan fingerprint density at radius 3 is 2.50 bits per heavy atom. The Kier molecular flexibility index (Phi) is 7.82. The molecule has 1 aliphatic heterocycles. The molecule has 1 saturated heterocycles. The number of piperidine rings is 1. The van der Waals surface area contributed by atoms with Gasteiger partial charge in [0.25, 0.3) is 0 Å². The molecular weight excluding hydrogens is 502 g/mol. The molecular formula is C26H28ClN3O5S. The van der Waals surface area contributed by atoms with Gasteiger partial charge in [-0.1, -0.05) is 52.7 Å². The number of benzene rings is 2. The molecule has 1 aliphatic rings. The van der Waals surface area contributed by atoms with E-state index in [1.54, 1.807) is 37.3 Å². The highest BCUT2D eigenvalue weighted by molar-refractivity contribution is 7.89. The van der Waals surface area contributed by atoms with Crippen molar-refractivity contribution in [2.24, 2.45) is 5.92 Å². The molecule has 0 aliphatic carbocycles. The quantitative estimate of drug-likeness (QED) is 0.453. The highest BCUT2D eigenvalue weighted by Crippen LogP contribution is 2.31. The number of nitrogens with one attached hydrogen (secondary N) is 1. The molecule has 0 atom stereocenters. The van der Waals surface area contributed by atoms with Crippen LogP contribution in [0.4, 0.5) is 5.69 Å². The Hall–Kier alpha value is -3.14. The molecule has 0 saturated carbocycles. The van der Waals surface area contributed by atoms with Crippen molar-refractivity contribution in [3.63, 3.8) is 0 Å². The predicted molar refractivity (Wildman–Crippen MR) is 139 cm³/mol. The minimum atomic E-state index is -3.86. The number of ether oxygens (including phenoxy) is 1. The van der Waals surface area contributed by atoms with Gasteiger partial charge in [-0.15, -0.1) is 0 Å². The third kappa shape index (κ3) is 5.64. The van der Waals surface area contributed by atoms with E-state index in [0.29, 0.717) is 35.0 Å². The van der Waals surface area contributed by atoms with Gasteiger partial charge in [0.05, 0.1) is 12.8 Å². The maximum atomic E-state index is 13.5. The molecule has 1 N–H and O–H groups in total. The molecule has 1 amide bonds. The van der Waals surface area contributed by atoms with Crippen molar-refractivity contribution in [2.45, 2.75) is 31.6 Å². The van der Waals surface area contributed by atoms with Gasteiger partial charge < -0.3 is 14.6 Å². The number of carbonyl (C=O) groups excluding carboxylic acids is 1. The van der Waals surface area contributed by atoms with E-state index in [4.69, 9.17) is 20.9 Å². The summed E-state index contributed by atoms with van der Waals surface area (Å²) >= 11 is 6.05. The number of nitrogens with zero attached hydrogens (tertiary/aromatic N) is 2. The molecule has 0 bridgehead atoms. The van der Waals surface area contributed by atoms with E-state index in [0.717, 1.165) is 11.1 Å². The number of halogens is 1. The summed E-state index contributed by atoms with van der Waals surface area (Å²) in [6.07, 6.45) is 4.18. The van der Waals surface area contributed by atoms with Crippen LogP contribution in [-0.4, -0.2) is 44.0 Å². The Labute approximate surface area is 215 Å². The van der Waals surface area contributed by atoms with Crippen LogP contribution in [0.3, 0.4) is 0 Å². The lowest BCUT2D eigenvalue weighted by molar-refractivity contribution is -0.120. The van der Waals surface area contributed by atoms with Crippen LogP contribution in [0.5, 0.6) is 5.75 Å². The molecule has 190 valence electrons. The number of amides is 1. The molecule has 2 heterocycles. The van der Waals surface area contributed by atoms with Crippen LogP contribution in [0.2, 0.25) is 5.02 Å². The third-order valence-electron chi connectivity index (χ3n) is 6.18. The zero-order valence-electron chi connectivity index (χ0n) is 20.3. The van der Waals surface area contributed by atoms with E-state index in [-0.39, 0.29) is 35.6 Å². The second-order valence-corrected chi connectivity index (χ2v) is 11.0. The first kappa shape index (κ1) is 25.9. The lowest BCUT2D eigenvalue weighted by Gasteiger charge is -2.30. The molecule has 2 aromatic carbocycles. The van der Waals surface area contributed by atoms with Crippen LogP contribution in [0.15, 0.2) is 51.9 Å². The Morgan fingerprint density at radius 2 is 1.83 bits per heavy atom. The summed E-state index contributed by atoms with van der Waals surface area (Å²) in [6, 6.07) is 12.8. The third-order valence-corrected chi connectivity index (χ3v) is 8.47. The van der Waals surface area contributed by atoms with Crippen molar-refractivity contribution in [1.82, 2.24) is 9.46 Å². The average molecular weight is 530 g/mol. The topological polar surface area (TPSA) is 102 Å². The van der Waals surface area contributed by atoms with Crippen molar-refractivity contribution in [2.75, 3.05) is 25.5 Å². The highest BCUT2D eigenvalue weighted by Gasteiger charge is 2.36. The lowest BCUT2D eigenvalue weighted by Crippen LogP contribution is -2.41. The summed E-state index contributed by atoms with van der Waals surface area (Å²) < 4.78 is 39.0. The monoisotopic (exact) mass is 529 g/mol. The number of aryl methyl sites for hydroxylation is 2. The van der Waals surface area contributed by atoms with Crippen LogP contribution in [-0.2, 0) is 14.8 Å². The van der Waals surface area contributed by atoms with Crippen molar-refractivity contribution < 1.29 is 22.5 Å². The highest BCUT2D eigenvalue weighted by atomic mass is 35.5. The molecule has 1 fully saturated rings. The summed E-state index contributed by atoms with van der Waals surface area (Å²) in [7, 11) is -2.35. The summed E-state index contributed by atoms with van der Waals surface area (Å²) in [6.45, 7) is 4.02. The van der Waals surface area contributed by atoms with Gasteiger partial charge >= 0.3 is 0 Å². The van der Waals surface area contributed by atoms with Gasteiger partial charge in [-0.3, -0.25) is 4.79 Å². The summed E-state index contributed by atoms with van der Waals surface area (Å²) in [5.41, 5.74) is 2.83. The van der Waals surface area contributed by atoms with E-state index in [2.05, 4.69) is 10.5 Å². The smallest absolute Gasteiger partial charge is 0.248 e. The number of anilines is 1. The maximum Gasteiger partial charge on any atom is 0.248 e. The van der Waals surface area contributed by atoms with Gasteiger partial charge in [0, 0.05) is 24.0 Å². The van der Waals surface area contributed by atoms with Gasteiger partial charge in [-0.25, -0.2) is 8.42 Å². The van der Waals surface area contributed by atoms with Crippen LogP contribution >= 0.6 is 11.6 Å². The first-order chi connectivity index (χ1) is 17.2. The SMILES string of the molecule is COc1ccc(Cl)cc1NC(=O)C1CCN(S(=O)(=O)c2c(C)noc2/C=C/c2ccc(C)cc2)CC1. The zero-order chi connectivity index (χ0) is 25.9. The fourth-order valence-corrected chi connectivity index (χ4v) is 6.04. The van der Waals surface area contributed by atoms with Crippen LogP contribution in [0.1, 0.15) is 35.4 Å². The summed E-state index contributed by atoms with van der Waals surface area (Å²) in [5.74, 6) is 0.142. The summed E-state index contributed by atoms with van der Waals surface area (Å²) in [5, 5.41) is 7.23. The van der Waals surface area contributed by atoms with Gasteiger partial charge in [-0.05, 0) is 56.5 Å². The molecule has 36 heavy (non-hydrogen) atoms. The van der Waals surface area contributed by atoms with Gasteiger partial charge in [-0.2, -0.15) is 4.31 Å². The summed E-state index contributed by atoms with van der Waals surface area (Å²) in [4.78, 5) is 12.9. The van der Waals surface area contributed by atoms with E-state index >= 15 is 0 Å². The minimum absolute atomic E-state index is 0.0532. The van der Waals surface area contributed by atoms with Crippen molar-refractivity contribution in [3.8, 4) is 5.75 Å². The van der Waals surface area contributed by atoms with Crippen molar-refractivity contribution in [1.29, 1.82) is 0 Å². The molecule has 10 heteroatoms. The average Bonchev–Trinajstić information content (AvgIpc) is 3.25. The van der Waals surface area contributed by atoms with Gasteiger partial charge in [0.15, 0.2) is 10.7 Å². The predicted octanol–water partition coefficient (Wildman–Crippen LogP) is 5.16. The normalized spacial score (nSPS) is 15.3. The van der Waals surface area contributed by atoms with Crippen LogP contribution < -0.4 is 10.1 Å². The first-order valence-electron chi connectivity index (χ1n) is 11.5. The molecule has 3 aromatic rings. The Bertz CT molecular complexity index is 1380. The molecule has 0 unspecified atom stereocenters. The van der Waals surface area contributed by atoms with E-state index in [9.17, 15) is 13.2 Å². The molecule has 1 aromatic heterocycles. The number of methoxy groups -OCH3 is 1. The molecule has 0 radical (unpaired) electrons. The van der Waals surface area contributed by atoms with Gasteiger partial charge in [0.1, 0.15) is 11.4 Å². The number of sulfonamides is 1.